The number of allylic oxidation sites excluding steroid dienone is 1. The molecule has 0 aliphatic carbocycles. The third-order valence-corrected chi connectivity index (χ3v) is 1.36. The lowest BCUT2D eigenvalue weighted by atomic mass is 9.90. The number of nitrogens with two attached hydrogens (primary N) is 2. The van der Waals surface area contributed by atoms with Crippen LogP contribution in [0, 0.1) is 5.41 Å². The van der Waals surface area contributed by atoms with E-state index in [9.17, 15) is 0 Å². The molecule has 0 aliphatic heterocycles. The summed E-state index contributed by atoms with van der Waals surface area (Å²) in [6.45, 7) is 4.94. The molecule has 9 heavy (non-hydrogen) atoms. The van der Waals surface area contributed by atoms with E-state index in [0.29, 0.717) is 6.54 Å². The SMILES string of the molecule is CC(C)(CN)CC=CN. The minimum Gasteiger partial charge on any atom is -0.405 e. The predicted octanol–water partition coefficient (Wildman–Crippen LogP) is 0.834. The summed E-state index contributed by atoms with van der Waals surface area (Å²) >= 11 is 0. The van der Waals surface area contributed by atoms with E-state index in [1.807, 2.05) is 6.08 Å². The molecule has 0 heterocycles. The molecular formula is C7H16N2. The molecule has 0 aromatic heterocycles. The molecule has 4 N–H and O–H groups in total. The molecule has 0 spiro atoms. The first kappa shape index (κ1) is 8.50. The summed E-state index contributed by atoms with van der Waals surface area (Å²) in [5, 5.41) is 0. The Kier molecular flexibility index (Phi) is 3.32. The zero-order valence-electron chi connectivity index (χ0n) is 6.22. The van der Waals surface area contributed by atoms with Gasteiger partial charge in [-0.1, -0.05) is 19.9 Å². The zero-order valence-corrected chi connectivity index (χ0v) is 6.22. The highest BCUT2D eigenvalue weighted by molar-refractivity contribution is 4.84. The highest BCUT2D eigenvalue weighted by Crippen LogP contribution is 2.17. The molecule has 0 atom stereocenters. The molecule has 0 amide bonds. The van der Waals surface area contributed by atoms with Crippen LogP contribution in [-0.4, -0.2) is 6.54 Å². The van der Waals surface area contributed by atoms with Crippen LogP contribution in [-0.2, 0) is 0 Å². The molecule has 0 radical (unpaired) electrons. The number of hydrogen-bond acceptors (Lipinski definition) is 2. The van der Waals surface area contributed by atoms with Crippen molar-refractivity contribution in [2.45, 2.75) is 20.3 Å². The van der Waals surface area contributed by atoms with Gasteiger partial charge in [0.1, 0.15) is 0 Å². The summed E-state index contributed by atoms with van der Waals surface area (Å²) in [6.07, 6.45) is 4.46. The van der Waals surface area contributed by atoms with Crippen molar-refractivity contribution >= 4 is 0 Å². The molecule has 2 heteroatoms. The van der Waals surface area contributed by atoms with Crippen molar-refractivity contribution in [2.24, 2.45) is 16.9 Å². The monoisotopic (exact) mass is 128 g/mol. The summed E-state index contributed by atoms with van der Waals surface area (Å²) in [5.74, 6) is 0. The number of rotatable bonds is 3. The van der Waals surface area contributed by atoms with Gasteiger partial charge in [0, 0.05) is 0 Å². The lowest BCUT2D eigenvalue weighted by Crippen LogP contribution is -2.22. The lowest BCUT2D eigenvalue weighted by molar-refractivity contribution is 0.385. The highest BCUT2D eigenvalue weighted by Gasteiger charge is 2.11. The van der Waals surface area contributed by atoms with E-state index in [-0.39, 0.29) is 5.41 Å². The van der Waals surface area contributed by atoms with E-state index in [4.69, 9.17) is 11.5 Å². The highest BCUT2D eigenvalue weighted by atomic mass is 14.6. The Morgan fingerprint density at radius 2 is 2.00 bits per heavy atom. The third-order valence-electron chi connectivity index (χ3n) is 1.36. The van der Waals surface area contributed by atoms with Crippen LogP contribution in [0.4, 0.5) is 0 Å². The summed E-state index contributed by atoms with van der Waals surface area (Å²) in [5.41, 5.74) is 10.8. The fraction of sp³-hybridized carbons (Fsp3) is 0.714. The molecule has 2 nitrogen and oxygen atoms in total. The van der Waals surface area contributed by atoms with Gasteiger partial charge in [-0.3, -0.25) is 0 Å². The summed E-state index contributed by atoms with van der Waals surface area (Å²) < 4.78 is 0. The molecule has 0 saturated heterocycles. The van der Waals surface area contributed by atoms with E-state index < -0.39 is 0 Å². The maximum Gasteiger partial charge on any atom is -0.00228 e. The van der Waals surface area contributed by atoms with Gasteiger partial charge in [0.05, 0.1) is 0 Å². The van der Waals surface area contributed by atoms with Crippen LogP contribution in [0.2, 0.25) is 0 Å². The van der Waals surface area contributed by atoms with Gasteiger partial charge in [-0.2, -0.15) is 0 Å². The Morgan fingerprint density at radius 1 is 1.44 bits per heavy atom. The molecule has 0 saturated carbocycles. The first-order valence-corrected chi connectivity index (χ1v) is 3.19. The van der Waals surface area contributed by atoms with Crippen molar-refractivity contribution in [3.63, 3.8) is 0 Å². The average molecular weight is 128 g/mol. The number of hydrogen-bond donors (Lipinski definition) is 2. The second-order valence-corrected chi connectivity index (χ2v) is 3.00. The Bertz CT molecular complexity index is 95.1. The van der Waals surface area contributed by atoms with Gasteiger partial charge in [-0.15, -0.1) is 0 Å². The van der Waals surface area contributed by atoms with Crippen LogP contribution in [0.3, 0.4) is 0 Å². The van der Waals surface area contributed by atoms with Crippen LogP contribution in [0.15, 0.2) is 12.3 Å². The second kappa shape index (κ2) is 3.51. The fourth-order valence-electron chi connectivity index (χ4n) is 0.470. The second-order valence-electron chi connectivity index (χ2n) is 3.00. The quantitative estimate of drug-likeness (QED) is 0.591. The average Bonchev–Trinajstić information content (AvgIpc) is 1.84. The van der Waals surface area contributed by atoms with Crippen molar-refractivity contribution in [1.29, 1.82) is 0 Å². The Morgan fingerprint density at radius 3 is 2.33 bits per heavy atom. The third kappa shape index (κ3) is 4.03. The topological polar surface area (TPSA) is 52.0 Å². The fourth-order valence-corrected chi connectivity index (χ4v) is 0.470. The molecule has 0 aromatic carbocycles. The van der Waals surface area contributed by atoms with E-state index >= 15 is 0 Å². The van der Waals surface area contributed by atoms with E-state index in [1.54, 1.807) is 6.20 Å². The maximum atomic E-state index is 5.47. The smallest absolute Gasteiger partial charge is 0.00228 e. The van der Waals surface area contributed by atoms with Crippen LogP contribution in [0.5, 0.6) is 0 Å². The Labute approximate surface area is 56.9 Å². The molecule has 0 rings (SSSR count). The van der Waals surface area contributed by atoms with Gasteiger partial charge < -0.3 is 11.5 Å². The standard InChI is InChI=1S/C7H16N2/c1-7(2,6-9)4-3-5-8/h3,5H,4,6,8-9H2,1-2H3. The van der Waals surface area contributed by atoms with Crippen LogP contribution in [0.1, 0.15) is 20.3 Å². The first-order chi connectivity index (χ1) is 4.12. The molecule has 0 unspecified atom stereocenters. The van der Waals surface area contributed by atoms with Gasteiger partial charge in [0.25, 0.3) is 0 Å². The first-order valence-electron chi connectivity index (χ1n) is 3.19. The minimum atomic E-state index is 0.204. The molecule has 0 bridgehead atoms. The summed E-state index contributed by atoms with van der Waals surface area (Å²) in [7, 11) is 0. The van der Waals surface area contributed by atoms with Crippen molar-refractivity contribution in [1.82, 2.24) is 0 Å². The van der Waals surface area contributed by atoms with Crippen LogP contribution < -0.4 is 11.5 Å². The Balaban J connectivity index is 3.58. The van der Waals surface area contributed by atoms with Gasteiger partial charge in [-0.25, -0.2) is 0 Å². The molecule has 0 fully saturated rings. The van der Waals surface area contributed by atoms with Crippen molar-refractivity contribution < 1.29 is 0 Å². The van der Waals surface area contributed by atoms with Gasteiger partial charge >= 0.3 is 0 Å². The molecule has 0 aliphatic rings. The predicted molar refractivity (Wildman–Crippen MR) is 40.8 cm³/mol. The Hall–Kier alpha value is -0.500. The van der Waals surface area contributed by atoms with Crippen LogP contribution in [0.25, 0.3) is 0 Å². The van der Waals surface area contributed by atoms with Crippen LogP contribution >= 0.6 is 0 Å². The van der Waals surface area contributed by atoms with Gasteiger partial charge in [0.15, 0.2) is 0 Å². The summed E-state index contributed by atoms with van der Waals surface area (Å²) in [4.78, 5) is 0. The van der Waals surface area contributed by atoms with Gasteiger partial charge in [0.2, 0.25) is 0 Å². The van der Waals surface area contributed by atoms with E-state index in [1.165, 1.54) is 0 Å². The minimum absolute atomic E-state index is 0.204. The molecule has 54 valence electrons. The summed E-state index contributed by atoms with van der Waals surface area (Å²) in [6, 6.07) is 0. The van der Waals surface area contributed by atoms with Crippen molar-refractivity contribution in [2.75, 3.05) is 6.54 Å². The molecule has 0 aromatic rings. The van der Waals surface area contributed by atoms with Gasteiger partial charge in [-0.05, 0) is 24.6 Å². The largest absolute Gasteiger partial charge is 0.405 e. The van der Waals surface area contributed by atoms with Crippen molar-refractivity contribution in [3.05, 3.63) is 12.3 Å². The van der Waals surface area contributed by atoms with E-state index in [2.05, 4.69) is 13.8 Å². The zero-order chi connectivity index (χ0) is 7.33. The van der Waals surface area contributed by atoms with Crippen molar-refractivity contribution in [3.8, 4) is 0 Å². The molecular weight excluding hydrogens is 112 g/mol. The lowest BCUT2D eigenvalue weighted by Gasteiger charge is -2.19. The van der Waals surface area contributed by atoms with E-state index in [0.717, 1.165) is 6.42 Å². The normalized spacial score (nSPS) is 12.8. The maximum absolute atomic E-state index is 5.47.